The molecule has 1 aliphatic rings. The molecule has 0 radical (unpaired) electrons. The number of benzene rings is 3. The normalized spacial score (nSPS) is 15.8. The van der Waals surface area contributed by atoms with Crippen LogP contribution in [0.1, 0.15) is 62.3 Å². The van der Waals surface area contributed by atoms with Crippen LogP contribution in [-0.4, -0.2) is 29.7 Å². The Morgan fingerprint density at radius 3 is 2.03 bits per heavy atom. The number of carbonyl (C=O) groups is 1. The van der Waals surface area contributed by atoms with Crippen LogP contribution >= 0.6 is 0 Å². The number of amides is 1. The van der Waals surface area contributed by atoms with Crippen LogP contribution in [0.25, 0.3) is 0 Å². The Labute approximate surface area is 203 Å². The molecule has 1 unspecified atom stereocenters. The van der Waals surface area contributed by atoms with E-state index in [9.17, 15) is 4.79 Å². The van der Waals surface area contributed by atoms with Gasteiger partial charge in [0.2, 0.25) is 0 Å². The molecule has 1 atom stereocenters. The predicted octanol–water partition coefficient (Wildman–Crippen LogP) is 6.10. The first-order valence-electron chi connectivity index (χ1n) is 12.4. The third kappa shape index (κ3) is 5.39. The fourth-order valence-electron chi connectivity index (χ4n) is 4.73. The molecule has 1 aliphatic heterocycles. The first kappa shape index (κ1) is 23.7. The summed E-state index contributed by atoms with van der Waals surface area (Å²) < 4.78 is 0. The van der Waals surface area contributed by atoms with Crippen LogP contribution < -0.4 is 5.32 Å². The van der Waals surface area contributed by atoms with E-state index in [2.05, 4.69) is 97.0 Å². The number of rotatable bonds is 10. The quantitative estimate of drug-likeness (QED) is 0.377. The molecule has 0 saturated carbocycles. The fourth-order valence-corrected chi connectivity index (χ4v) is 4.73. The Kier molecular flexibility index (Phi) is 7.79. The van der Waals surface area contributed by atoms with Crippen molar-refractivity contribution in [2.75, 3.05) is 13.1 Å². The number of hydrogen-bond acceptors (Lipinski definition) is 3. The standard InChI is InChI=1S/C30H35N3O/c1-3-4-14-21-33-28(24-15-8-5-9-16-24)22-27(32-33)29(34)31-23-30(2,25-17-10-6-11-18-25)26-19-12-7-13-20-26/h5-13,15-20,28H,3-4,14,21-23H2,1-2H3,(H,31,34). The summed E-state index contributed by atoms with van der Waals surface area (Å²) in [5, 5.41) is 10.1. The van der Waals surface area contributed by atoms with Crippen molar-refractivity contribution in [2.45, 2.75) is 51.0 Å². The lowest BCUT2D eigenvalue weighted by atomic mass is 9.76. The third-order valence-electron chi connectivity index (χ3n) is 6.86. The lowest BCUT2D eigenvalue weighted by Crippen LogP contribution is -2.42. The molecule has 176 valence electrons. The second kappa shape index (κ2) is 11.1. The molecule has 0 aliphatic carbocycles. The van der Waals surface area contributed by atoms with Crippen LogP contribution in [0.4, 0.5) is 0 Å². The lowest BCUT2D eigenvalue weighted by molar-refractivity contribution is -0.115. The van der Waals surface area contributed by atoms with E-state index in [1.165, 1.54) is 29.5 Å². The Morgan fingerprint density at radius 2 is 1.47 bits per heavy atom. The highest BCUT2D eigenvalue weighted by molar-refractivity contribution is 6.39. The SMILES string of the molecule is CCCCCN1N=C(C(=O)NCC(C)(c2ccccc2)c2ccccc2)CC1c1ccccc1. The van der Waals surface area contributed by atoms with Crippen LogP contribution in [0.5, 0.6) is 0 Å². The Bertz CT molecular complexity index is 1040. The van der Waals surface area contributed by atoms with Gasteiger partial charge in [-0.25, -0.2) is 0 Å². The first-order chi connectivity index (χ1) is 16.6. The summed E-state index contributed by atoms with van der Waals surface area (Å²) in [6, 6.07) is 31.3. The number of hydrazone groups is 1. The zero-order valence-corrected chi connectivity index (χ0v) is 20.3. The van der Waals surface area contributed by atoms with E-state index >= 15 is 0 Å². The van der Waals surface area contributed by atoms with Crippen molar-refractivity contribution in [3.8, 4) is 0 Å². The third-order valence-corrected chi connectivity index (χ3v) is 6.86. The van der Waals surface area contributed by atoms with E-state index in [0.29, 0.717) is 18.7 Å². The average Bonchev–Trinajstić information content (AvgIpc) is 3.33. The van der Waals surface area contributed by atoms with Crippen molar-refractivity contribution in [1.29, 1.82) is 0 Å². The summed E-state index contributed by atoms with van der Waals surface area (Å²) in [7, 11) is 0. The largest absolute Gasteiger partial charge is 0.350 e. The van der Waals surface area contributed by atoms with Crippen LogP contribution in [0.2, 0.25) is 0 Å². The summed E-state index contributed by atoms with van der Waals surface area (Å²) in [5.74, 6) is -0.0722. The van der Waals surface area contributed by atoms with Gasteiger partial charge >= 0.3 is 0 Å². The van der Waals surface area contributed by atoms with Gasteiger partial charge in [0.15, 0.2) is 0 Å². The van der Waals surface area contributed by atoms with Gasteiger partial charge in [0.05, 0.1) is 6.04 Å². The molecule has 1 N–H and O–H groups in total. The molecule has 1 heterocycles. The smallest absolute Gasteiger partial charge is 0.267 e. The summed E-state index contributed by atoms with van der Waals surface area (Å²) in [5.41, 5.74) is 3.85. The minimum atomic E-state index is -0.336. The maximum atomic E-state index is 13.3. The van der Waals surface area contributed by atoms with Crippen molar-refractivity contribution in [3.05, 3.63) is 108 Å². The summed E-state index contributed by atoms with van der Waals surface area (Å²) in [6.07, 6.45) is 4.05. The average molecular weight is 454 g/mol. The Balaban J connectivity index is 1.52. The van der Waals surface area contributed by atoms with Crippen molar-refractivity contribution >= 4 is 11.6 Å². The number of carbonyl (C=O) groups excluding carboxylic acids is 1. The lowest BCUT2D eigenvalue weighted by Gasteiger charge is -2.31. The van der Waals surface area contributed by atoms with Gasteiger partial charge in [-0.05, 0) is 30.0 Å². The number of hydrogen-bond donors (Lipinski definition) is 1. The predicted molar refractivity (Wildman–Crippen MR) is 140 cm³/mol. The minimum absolute atomic E-state index is 0.0722. The second-order valence-electron chi connectivity index (χ2n) is 9.29. The topological polar surface area (TPSA) is 44.7 Å². The minimum Gasteiger partial charge on any atom is -0.350 e. The molecule has 3 aromatic carbocycles. The zero-order valence-electron chi connectivity index (χ0n) is 20.3. The van der Waals surface area contributed by atoms with E-state index in [0.717, 1.165) is 13.0 Å². The second-order valence-corrected chi connectivity index (χ2v) is 9.29. The molecular formula is C30H35N3O. The first-order valence-corrected chi connectivity index (χ1v) is 12.4. The van der Waals surface area contributed by atoms with Gasteiger partial charge in [-0.15, -0.1) is 0 Å². The summed E-state index contributed by atoms with van der Waals surface area (Å²) >= 11 is 0. The van der Waals surface area contributed by atoms with Gasteiger partial charge in [-0.2, -0.15) is 5.10 Å². The number of nitrogens with zero attached hydrogens (tertiary/aromatic N) is 2. The van der Waals surface area contributed by atoms with E-state index in [-0.39, 0.29) is 17.4 Å². The maximum Gasteiger partial charge on any atom is 0.267 e. The van der Waals surface area contributed by atoms with Gasteiger partial charge in [-0.3, -0.25) is 9.80 Å². The monoisotopic (exact) mass is 453 g/mol. The highest BCUT2D eigenvalue weighted by Crippen LogP contribution is 2.33. The van der Waals surface area contributed by atoms with Gasteiger partial charge in [-0.1, -0.05) is 111 Å². The maximum absolute atomic E-state index is 13.3. The van der Waals surface area contributed by atoms with E-state index in [1.807, 2.05) is 18.2 Å². The Morgan fingerprint density at radius 1 is 0.912 bits per heavy atom. The highest BCUT2D eigenvalue weighted by atomic mass is 16.2. The fraction of sp³-hybridized carbons (Fsp3) is 0.333. The van der Waals surface area contributed by atoms with Crippen LogP contribution in [-0.2, 0) is 10.2 Å². The molecule has 0 fully saturated rings. The molecule has 0 aromatic heterocycles. The Hall–Kier alpha value is -3.40. The molecule has 3 aromatic rings. The van der Waals surface area contributed by atoms with E-state index in [4.69, 9.17) is 5.10 Å². The van der Waals surface area contributed by atoms with Gasteiger partial charge < -0.3 is 5.32 Å². The van der Waals surface area contributed by atoms with Crippen molar-refractivity contribution in [2.24, 2.45) is 5.10 Å². The molecule has 4 nitrogen and oxygen atoms in total. The van der Waals surface area contributed by atoms with Gasteiger partial charge in [0.1, 0.15) is 5.71 Å². The molecule has 0 bridgehead atoms. The van der Waals surface area contributed by atoms with E-state index < -0.39 is 0 Å². The van der Waals surface area contributed by atoms with Crippen LogP contribution in [0, 0.1) is 0 Å². The summed E-state index contributed by atoms with van der Waals surface area (Å²) in [4.78, 5) is 13.3. The number of nitrogens with one attached hydrogen (secondary N) is 1. The molecule has 0 spiro atoms. The van der Waals surface area contributed by atoms with Crippen LogP contribution in [0.15, 0.2) is 96.1 Å². The molecule has 4 rings (SSSR count). The highest BCUT2D eigenvalue weighted by Gasteiger charge is 2.33. The van der Waals surface area contributed by atoms with Crippen molar-refractivity contribution in [1.82, 2.24) is 10.3 Å². The van der Waals surface area contributed by atoms with E-state index in [1.54, 1.807) is 0 Å². The zero-order chi connectivity index (χ0) is 23.8. The summed E-state index contributed by atoms with van der Waals surface area (Å²) in [6.45, 7) is 5.77. The molecule has 1 amide bonds. The molecule has 0 saturated heterocycles. The van der Waals surface area contributed by atoms with Crippen LogP contribution in [0.3, 0.4) is 0 Å². The van der Waals surface area contributed by atoms with Crippen molar-refractivity contribution < 1.29 is 4.79 Å². The number of unbranched alkanes of at least 4 members (excludes halogenated alkanes) is 2. The molecule has 34 heavy (non-hydrogen) atoms. The molecule has 4 heteroatoms. The van der Waals surface area contributed by atoms with Gasteiger partial charge in [0.25, 0.3) is 5.91 Å². The van der Waals surface area contributed by atoms with Gasteiger partial charge in [0, 0.05) is 24.9 Å². The molecular weight excluding hydrogens is 418 g/mol. The van der Waals surface area contributed by atoms with Crippen molar-refractivity contribution in [3.63, 3.8) is 0 Å².